The Morgan fingerprint density at radius 1 is 1.25 bits per heavy atom. The number of amides is 1. The summed E-state index contributed by atoms with van der Waals surface area (Å²) in [4.78, 5) is 28.7. The van der Waals surface area contributed by atoms with Gasteiger partial charge in [0.25, 0.3) is 11.6 Å². The minimum atomic E-state index is -0.469. The monoisotopic (exact) mass is 325 g/mol. The maximum absolute atomic E-state index is 12.5. The summed E-state index contributed by atoms with van der Waals surface area (Å²) in [5.41, 5.74) is 1.12. The van der Waals surface area contributed by atoms with E-state index in [1.807, 2.05) is 18.2 Å². The van der Waals surface area contributed by atoms with E-state index in [1.165, 1.54) is 12.1 Å². The lowest BCUT2D eigenvalue weighted by molar-refractivity contribution is -0.384. The second-order valence-electron chi connectivity index (χ2n) is 5.18. The van der Waals surface area contributed by atoms with Gasteiger partial charge in [0.2, 0.25) is 0 Å². The lowest BCUT2D eigenvalue weighted by Crippen LogP contribution is -2.36. The minimum Gasteiger partial charge on any atom is -0.484 e. The van der Waals surface area contributed by atoms with Gasteiger partial charge in [-0.05, 0) is 18.2 Å². The largest absolute Gasteiger partial charge is 0.484 e. The van der Waals surface area contributed by atoms with Gasteiger partial charge in [-0.2, -0.15) is 0 Å². The van der Waals surface area contributed by atoms with Gasteiger partial charge in [-0.3, -0.25) is 19.9 Å². The van der Waals surface area contributed by atoms with Crippen molar-refractivity contribution in [2.24, 2.45) is 4.99 Å². The van der Waals surface area contributed by atoms with Gasteiger partial charge in [0.05, 0.1) is 17.2 Å². The summed E-state index contributed by atoms with van der Waals surface area (Å²) in [7, 11) is 0. The van der Waals surface area contributed by atoms with Crippen LogP contribution >= 0.6 is 0 Å². The Bertz CT molecular complexity index is 790. The van der Waals surface area contributed by atoms with E-state index in [1.54, 1.807) is 29.3 Å². The van der Waals surface area contributed by atoms with Crippen LogP contribution in [0.4, 0.5) is 11.4 Å². The Morgan fingerprint density at radius 3 is 2.79 bits per heavy atom. The number of fused-ring (bicyclic) bond motifs is 1. The van der Waals surface area contributed by atoms with E-state index in [4.69, 9.17) is 4.74 Å². The molecule has 0 aliphatic carbocycles. The first-order valence-corrected chi connectivity index (χ1v) is 7.41. The smallest absolute Gasteiger partial charge is 0.270 e. The number of nitro benzene ring substituents is 1. The first-order valence-electron chi connectivity index (χ1n) is 7.41. The van der Waals surface area contributed by atoms with Crippen molar-refractivity contribution >= 4 is 23.5 Å². The van der Waals surface area contributed by atoms with Crippen molar-refractivity contribution in [3.63, 3.8) is 0 Å². The van der Waals surface area contributed by atoms with Gasteiger partial charge in [0, 0.05) is 30.5 Å². The molecule has 1 aliphatic heterocycles. The molecule has 0 N–H and O–H groups in total. The molecule has 0 bridgehead atoms. The Hall–Kier alpha value is -3.22. The topological polar surface area (TPSA) is 85.0 Å². The number of carbonyl (C=O) groups is 1. The van der Waals surface area contributed by atoms with Crippen molar-refractivity contribution in [2.45, 2.75) is 0 Å². The van der Waals surface area contributed by atoms with Crippen LogP contribution < -0.4 is 9.64 Å². The van der Waals surface area contributed by atoms with Crippen molar-refractivity contribution in [2.75, 3.05) is 24.6 Å². The summed E-state index contributed by atoms with van der Waals surface area (Å²) in [5, 5.41) is 10.9. The van der Waals surface area contributed by atoms with Crippen LogP contribution in [0.2, 0.25) is 0 Å². The third-order valence-corrected chi connectivity index (χ3v) is 3.60. The molecular formula is C17H15N3O4. The number of nitrogens with zero attached hydrogens (tertiary/aromatic N) is 3. The van der Waals surface area contributed by atoms with Crippen LogP contribution in [0.5, 0.6) is 5.75 Å². The summed E-state index contributed by atoms with van der Waals surface area (Å²) >= 11 is 0. The molecule has 0 atom stereocenters. The number of rotatable bonds is 4. The van der Waals surface area contributed by atoms with E-state index in [-0.39, 0.29) is 18.2 Å². The summed E-state index contributed by atoms with van der Waals surface area (Å²) < 4.78 is 5.50. The molecule has 2 aromatic rings. The van der Waals surface area contributed by atoms with Crippen LogP contribution in [0.3, 0.4) is 0 Å². The second-order valence-corrected chi connectivity index (χ2v) is 5.18. The third-order valence-electron chi connectivity index (χ3n) is 3.60. The van der Waals surface area contributed by atoms with Crippen molar-refractivity contribution < 1.29 is 14.5 Å². The molecule has 0 radical (unpaired) electrons. The van der Waals surface area contributed by atoms with Crippen molar-refractivity contribution in [1.29, 1.82) is 0 Å². The Kier molecular flexibility index (Phi) is 4.51. The van der Waals surface area contributed by atoms with Crippen LogP contribution in [0, 0.1) is 10.1 Å². The van der Waals surface area contributed by atoms with Crippen LogP contribution in [0.1, 0.15) is 5.56 Å². The van der Waals surface area contributed by atoms with Crippen LogP contribution in [-0.2, 0) is 4.79 Å². The van der Waals surface area contributed by atoms with Crippen molar-refractivity contribution in [3.05, 3.63) is 64.2 Å². The molecule has 7 nitrogen and oxygen atoms in total. The zero-order chi connectivity index (χ0) is 16.9. The molecule has 3 rings (SSSR count). The molecule has 7 heteroatoms. The molecule has 1 heterocycles. The first kappa shape index (κ1) is 15.7. The van der Waals surface area contributed by atoms with Gasteiger partial charge >= 0.3 is 0 Å². The highest BCUT2D eigenvalue weighted by atomic mass is 16.6. The maximum atomic E-state index is 12.5. The fourth-order valence-corrected chi connectivity index (χ4v) is 2.44. The zero-order valence-electron chi connectivity index (χ0n) is 12.8. The number of hydrogen-bond donors (Lipinski definition) is 0. The molecule has 122 valence electrons. The van der Waals surface area contributed by atoms with Crippen molar-refractivity contribution in [1.82, 2.24) is 0 Å². The van der Waals surface area contributed by atoms with Gasteiger partial charge in [-0.1, -0.05) is 18.2 Å². The summed E-state index contributed by atoms with van der Waals surface area (Å²) in [6.45, 7) is 0.721. The third kappa shape index (κ3) is 3.40. The second kappa shape index (κ2) is 6.91. The molecule has 1 amide bonds. The van der Waals surface area contributed by atoms with E-state index in [2.05, 4.69) is 4.99 Å². The molecule has 0 spiro atoms. The quantitative estimate of drug-likeness (QED) is 0.638. The molecule has 24 heavy (non-hydrogen) atoms. The Balaban J connectivity index is 1.79. The molecule has 0 fully saturated rings. The SMILES string of the molecule is O=C(COc1ccccc1)N1CCN=Cc2cc([N+](=O)[O-])ccc21. The summed E-state index contributed by atoms with van der Waals surface area (Å²) in [5.74, 6) is 0.389. The van der Waals surface area contributed by atoms with Gasteiger partial charge in [-0.15, -0.1) is 0 Å². The molecular weight excluding hydrogens is 310 g/mol. The summed E-state index contributed by atoms with van der Waals surface area (Å²) in [6, 6.07) is 13.4. The Labute approximate surface area is 138 Å². The number of para-hydroxylation sites is 1. The predicted molar refractivity (Wildman–Crippen MR) is 89.8 cm³/mol. The minimum absolute atomic E-state index is 0.0324. The van der Waals surface area contributed by atoms with Gasteiger partial charge in [-0.25, -0.2) is 0 Å². The predicted octanol–water partition coefficient (Wildman–Crippen LogP) is 2.44. The van der Waals surface area contributed by atoms with E-state index >= 15 is 0 Å². The summed E-state index contributed by atoms with van der Waals surface area (Å²) in [6.07, 6.45) is 1.56. The molecule has 2 aromatic carbocycles. The number of carbonyl (C=O) groups excluding carboxylic acids is 1. The number of hydrogen-bond acceptors (Lipinski definition) is 5. The van der Waals surface area contributed by atoms with E-state index in [0.29, 0.717) is 30.1 Å². The number of non-ortho nitro benzene ring substituents is 1. The van der Waals surface area contributed by atoms with Crippen LogP contribution in [0.25, 0.3) is 0 Å². The highest BCUT2D eigenvalue weighted by Gasteiger charge is 2.22. The fraction of sp³-hybridized carbons (Fsp3) is 0.176. The Morgan fingerprint density at radius 2 is 2.04 bits per heavy atom. The molecule has 0 saturated carbocycles. The van der Waals surface area contributed by atoms with Gasteiger partial charge < -0.3 is 9.64 Å². The number of benzodiazepines with no additional fused rings is 1. The number of nitro groups is 1. The van der Waals surface area contributed by atoms with Crippen LogP contribution in [0.15, 0.2) is 53.5 Å². The molecule has 1 aliphatic rings. The standard InChI is InChI=1S/C17H15N3O4/c21-17(12-24-15-4-2-1-3-5-15)19-9-8-18-11-13-10-14(20(22)23)6-7-16(13)19/h1-7,10-11H,8-9,12H2. The average Bonchev–Trinajstić information content (AvgIpc) is 2.82. The van der Waals surface area contributed by atoms with Crippen molar-refractivity contribution in [3.8, 4) is 5.75 Å². The van der Waals surface area contributed by atoms with E-state index in [9.17, 15) is 14.9 Å². The lowest BCUT2D eigenvalue weighted by atomic mass is 10.1. The molecule has 0 saturated heterocycles. The van der Waals surface area contributed by atoms with E-state index in [0.717, 1.165) is 0 Å². The average molecular weight is 325 g/mol. The highest BCUT2D eigenvalue weighted by Crippen LogP contribution is 2.26. The lowest BCUT2D eigenvalue weighted by Gasteiger charge is -2.22. The zero-order valence-corrected chi connectivity index (χ0v) is 12.8. The van der Waals surface area contributed by atoms with Gasteiger partial charge in [0.1, 0.15) is 5.75 Å². The number of benzene rings is 2. The highest BCUT2D eigenvalue weighted by molar-refractivity contribution is 6.01. The normalized spacial score (nSPS) is 13.1. The maximum Gasteiger partial charge on any atom is 0.270 e. The van der Waals surface area contributed by atoms with Crippen LogP contribution in [-0.4, -0.2) is 36.7 Å². The van der Waals surface area contributed by atoms with Gasteiger partial charge in [0.15, 0.2) is 6.61 Å². The number of ether oxygens (including phenoxy) is 1. The molecule has 0 unspecified atom stereocenters. The van der Waals surface area contributed by atoms with E-state index < -0.39 is 4.92 Å². The molecule has 0 aromatic heterocycles. The number of anilines is 1. The number of aliphatic imine (C=N–C) groups is 1. The fourth-order valence-electron chi connectivity index (χ4n) is 2.44. The first-order chi connectivity index (χ1) is 11.6.